The van der Waals surface area contributed by atoms with Crippen molar-refractivity contribution in [3.63, 3.8) is 0 Å². The maximum absolute atomic E-state index is 4.47. The van der Waals surface area contributed by atoms with Crippen molar-refractivity contribution in [1.29, 1.82) is 0 Å². The molecule has 4 nitrogen and oxygen atoms in total. The number of aromatic nitrogens is 1. The van der Waals surface area contributed by atoms with E-state index >= 15 is 0 Å². The summed E-state index contributed by atoms with van der Waals surface area (Å²) in [5.74, 6) is 0. The normalized spacial score (nSPS) is 11.2. The molecule has 0 fully saturated rings. The summed E-state index contributed by atoms with van der Waals surface area (Å²) in [5, 5.41) is 9.18. The first-order valence-electron chi connectivity index (χ1n) is 6.21. The predicted octanol–water partition coefficient (Wildman–Crippen LogP) is 3.70. The third-order valence-corrected chi connectivity index (χ3v) is 3.36. The summed E-state index contributed by atoms with van der Waals surface area (Å²) < 4.78 is 0. The van der Waals surface area contributed by atoms with Crippen LogP contribution in [0, 0.1) is 0 Å². The smallest absolute Gasteiger partial charge is 0.182 e. The van der Waals surface area contributed by atoms with E-state index in [-0.39, 0.29) is 0 Å². The molecule has 0 aliphatic rings. The molecule has 100 valence electrons. The summed E-state index contributed by atoms with van der Waals surface area (Å²) in [5.41, 5.74) is 3.14. The van der Waals surface area contributed by atoms with E-state index < -0.39 is 0 Å². The summed E-state index contributed by atoms with van der Waals surface area (Å²) in [6.07, 6.45) is 1.74. The molecule has 19 heavy (non-hydrogen) atoms. The molecule has 0 saturated carbocycles. The fourth-order valence-electron chi connectivity index (χ4n) is 1.52. The summed E-state index contributed by atoms with van der Waals surface area (Å²) in [4.78, 5) is 8.73. The number of nitrogens with one attached hydrogen (secondary N) is 2. The molecule has 0 radical (unpaired) electrons. The topological polar surface area (TPSA) is 49.3 Å². The largest absolute Gasteiger partial charge is 0.365 e. The molecule has 5 heteroatoms. The predicted molar refractivity (Wildman–Crippen MR) is 84.3 cm³/mol. The van der Waals surface area contributed by atoms with E-state index in [1.54, 1.807) is 17.7 Å². The van der Waals surface area contributed by atoms with Crippen LogP contribution in [-0.2, 0) is 0 Å². The Bertz CT molecular complexity index is 543. The van der Waals surface area contributed by atoms with Gasteiger partial charge in [0.15, 0.2) is 5.13 Å². The number of anilines is 2. The molecule has 2 aromatic rings. The standard InChI is InChI=1S/C14H18N4S/c1-10(2)16-9-17-12-6-4-11(5-7-12)13-8-19-14(15-3)18-13/h4-10H,1-3H3,(H,15,18)(H,16,17). The van der Waals surface area contributed by atoms with Crippen molar-refractivity contribution in [2.24, 2.45) is 4.99 Å². The number of benzene rings is 1. The molecule has 0 bridgehead atoms. The maximum atomic E-state index is 4.47. The number of aliphatic imine (C=N–C) groups is 1. The zero-order valence-electron chi connectivity index (χ0n) is 11.3. The van der Waals surface area contributed by atoms with Gasteiger partial charge in [0.25, 0.3) is 0 Å². The molecule has 0 saturated heterocycles. The monoisotopic (exact) mass is 274 g/mol. The second-order valence-corrected chi connectivity index (χ2v) is 5.24. The molecule has 1 heterocycles. The van der Waals surface area contributed by atoms with Crippen molar-refractivity contribution in [3.05, 3.63) is 29.6 Å². The number of nitrogens with zero attached hydrogens (tertiary/aromatic N) is 2. The van der Waals surface area contributed by atoms with Crippen molar-refractivity contribution in [3.8, 4) is 11.3 Å². The lowest BCUT2D eigenvalue weighted by atomic mass is 10.1. The van der Waals surface area contributed by atoms with Gasteiger partial charge in [-0.05, 0) is 26.0 Å². The van der Waals surface area contributed by atoms with E-state index in [1.165, 1.54) is 0 Å². The minimum absolute atomic E-state index is 0.307. The van der Waals surface area contributed by atoms with E-state index in [1.807, 2.05) is 33.0 Å². The molecular formula is C14H18N4S. The van der Waals surface area contributed by atoms with Crippen LogP contribution >= 0.6 is 11.3 Å². The Balaban J connectivity index is 2.05. The molecular weight excluding hydrogens is 256 g/mol. The Hall–Kier alpha value is -1.88. The Morgan fingerprint density at radius 1 is 1.26 bits per heavy atom. The van der Waals surface area contributed by atoms with E-state index in [2.05, 4.69) is 38.1 Å². The minimum atomic E-state index is 0.307. The molecule has 1 aromatic carbocycles. The number of hydrogen-bond acceptors (Lipinski definition) is 4. The van der Waals surface area contributed by atoms with Crippen LogP contribution in [0.3, 0.4) is 0 Å². The van der Waals surface area contributed by atoms with Crippen molar-refractivity contribution < 1.29 is 0 Å². The Kier molecular flexibility index (Phi) is 4.52. The minimum Gasteiger partial charge on any atom is -0.365 e. The first-order valence-corrected chi connectivity index (χ1v) is 7.09. The highest BCUT2D eigenvalue weighted by Gasteiger charge is 2.02. The molecule has 2 rings (SSSR count). The van der Waals surface area contributed by atoms with Gasteiger partial charge in [-0.2, -0.15) is 0 Å². The maximum Gasteiger partial charge on any atom is 0.182 e. The molecule has 0 spiro atoms. The van der Waals surface area contributed by atoms with Gasteiger partial charge in [-0.15, -0.1) is 11.3 Å². The van der Waals surface area contributed by atoms with Crippen LogP contribution in [0.2, 0.25) is 0 Å². The molecule has 0 atom stereocenters. The Morgan fingerprint density at radius 3 is 2.58 bits per heavy atom. The average molecular weight is 274 g/mol. The Morgan fingerprint density at radius 2 is 2.00 bits per heavy atom. The number of hydrogen-bond donors (Lipinski definition) is 2. The van der Waals surface area contributed by atoms with Crippen LogP contribution < -0.4 is 10.6 Å². The molecule has 0 aliphatic carbocycles. The quantitative estimate of drug-likeness (QED) is 0.645. The van der Waals surface area contributed by atoms with Crippen LogP contribution in [0.4, 0.5) is 10.8 Å². The summed E-state index contributed by atoms with van der Waals surface area (Å²) in [6.45, 7) is 4.09. The van der Waals surface area contributed by atoms with Crippen LogP contribution in [0.15, 0.2) is 34.6 Å². The van der Waals surface area contributed by atoms with Gasteiger partial charge in [0, 0.05) is 29.7 Å². The van der Waals surface area contributed by atoms with Crippen molar-refractivity contribution in [1.82, 2.24) is 4.98 Å². The summed E-state index contributed by atoms with van der Waals surface area (Å²) in [7, 11) is 1.88. The van der Waals surface area contributed by atoms with Gasteiger partial charge in [0.05, 0.1) is 12.0 Å². The second kappa shape index (κ2) is 6.33. The number of rotatable bonds is 5. The van der Waals surface area contributed by atoms with Gasteiger partial charge in [0.1, 0.15) is 0 Å². The van der Waals surface area contributed by atoms with E-state index in [0.29, 0.717) is 6.04 Å². The van der Waals surface area contributed by atoms with Crippen molar-refractivity contribution >= 4 is 28.5 Å². The van der Waals surface area contributed by atoms with Crippen LogP contribution in [-0.4, -0.2) is 24.4 Å². The first-order chi connectivity index (χ1) is 9.19. The van der Waals surface area contributed by atoms with Crippen LogP contribution in [0.25, 0.3) is 11.3 Å². The molecule has 2 N–H and O–H groups in total. The summed E-state index contributed by atoms with van der Waals surface area (Å²) >= 11 is 1.61. The zero-order chi connectivity index (χ0) is 13.7. The molecule has 1 aromatic heterocycles. The lowest BCUT2D eigenvalue weighted by molar-refractivity contribution is 0.840. The van der Waals surface area contributed by atoms with Crippen LogP contribution in [0.5, 0.6) is 0 Å². The highest BCUT2D eigenvalue weighted by Crippen LogP contribution is 2.25. The molecule has 0 aliphatic heterocycles. The molecule has 0 amide bonds. The fourth-order valence-corrected chi connectivity index (χ4v) is 2.20. The highest BCUT2D eigenvalue weighted by molar-refractivity contribution is 7.14. The van der Waals surface area contributed by atoms with Gasteiger partial charge < -0.3 is 10.6 Å². The van der Waals surface area contributed by atoms with Crippen molar-refractivity contribution in [2.75, 3.05) is 17.7 Å². The number of thiazole rings is 1. The fraction of sp³-hybridized carbons (Fsp3) is 0.286. The lowest BCUT2D eigenvalue weighted by Crippen LogP contribution is -1.98. The summed E-state index contributed by atoms with van der Waals surface area (Å²) in [6, 6.07) is 8.47. The van der Waals surface area contributed by atoms with Crippen molar-refractivity contribution in [2.45, 2.75) is 19.9 Å². The van der Waals surface area contributed by atoms with E-state index in [4.69, 9.17) is 0 Å². The van der Waals surface area contributed by atoms with Gasteiger partial charge in [-0.1, -0.05) is 12.1 Å². The van der Waals surface area contributed by atoms with E-state index in [9.17, 15) is 0 Å². The van der Waals surface area contributed by atoms with Gasteiger partial charge in [-0.25, -0.2) is 4.98 Å². The lowest BCUT2D eigenvalue weighted by Gasteiger charge is -2.02. The average Bonchev–Trinajstić information content (AvgIpc) is 2.88. The molecule has 0 unspecified atom stereocenters. The van der Waals surface area contributed by atoms with Gasteiger partial charge in [0.2, 0.25) is 0 Å². The van der Waals surface area contributed by atoms with Gasteiger partial charge in [-0.3, -0.25) is 4.99 Å². The van der Waals surface area contributed by atoms with E-state index in [0.717, 1.165) is 22.1 Å². The third-order valence-electron chi connectivity index (χ3n) is 2.50. The Labute approximate surface area is 117 Å². The first kappa shape index (κ1) is 13.5. The third kappa shape index (κ3) is 3.79. The SMILES string of the molecule is CNc1nc(-c2ccc(NC=NC(C)C)cc2)cs1. The highest BCUT2D eigenvalue weighted by atomic mass is 32.1. The van der Waals surface area contributed by atoms with Crippen LogP contribution in [0.1, 0.15) is 13.8 Å². The second-order valence-electron chi connectivity index (χ2n) is 4.38. The van der Waals surface area contributed by atoms with Gasteiger partial charge >= 0.3 is 0 Å². The zero-order valence-corrected chi connectivity index (χ0v) is 12.2.